The van der Waals surface area contributed by atoms with Gasteiger partial charge in [0.25, 0.3) is 0 Å². The first kappa shape index (κ1) is 69.8. The van der Waals surface area contributed by atoms with Crippen LogP contribution in [0.2, 0.25) is 0 Å². The Morgan fingerprint density at radius 3 is 1.27 bits per heavy atom. The lowest BCUT2D eigenvalue weighted by Crippen LogP contribution is -2.65. The number of hydrogen-bond donors (Lipinski definition) is 9. The Hall–Kier alpha value is -1.27. The fourth-order valence-corrected chi connectivity index (χ4v) is 10.6. The number of carbonyl (C=O) groups is 1. The summed E-state index contributed by atoms with van der Waals surface area (Å²) in [5.41, 5.74) is 0. The molecule has 0 aromatic heterocycles. The number of carbonyl (C=O) groups excluding carboxylic acids is 1. The summed E-state index contributed by atoms with van der Waals surface area (Å²) in [4.78, 5) is 13.1. The molecule has 75 heavy (non-hydrogen) atoms. The van der Waals surface area contributed by atoms with Gasteiger partial charge in [-0.2, -0.15) is 0 Å². The molecule has 0 aromatic rings. The van der Waals surface area contributed by atoms with Crippen LogP contribution in [0.3, 0.4) is 0 Å². The first-order valence-corrected chi connectivity index (χ1v) is 31.4. The molecule has 2 fully saturated rings. The van der Waals surface area contributed by atoms with Gasteiger partial charge in [-0.05, 0) is 38.5 Å². The van der Waals surface area contributed by atoms with E-state index in [9.17, 15) is 45.6 Å². The van der Waals surface area contributed by atoms with Crippen LogP contribution in [0.15, 0.2) is 12.2 Å². The van der Waals surface area contributed by atoms with Crippen molar-refractivity contribution in [2.75, 3.05) is 19.8 Å². The van der Waals surface area contributed by atoms with Gasteiger partial charge < -0.3 is 65.1 Å². The summed E-state index contributed by atoms with van der Waals surface area (Å²) >= 11 is 0. The lowest BCUT2D eigenvalue weighted by atomic mass is 9.97. The molecule has 0 aromatic carbocycles. The minimum atomic E-state index is -1.78. The Bertz CT molecular complexity index is 1310. The lowest BCUT2D eigenvalue weighted by molar-refractivity contribution is -0.359. The van der Waals surface area contributed by atoms with Crippen molar-refractivity contribution in [3.05, 3.63) is 12.2 Å². The summed E-state index contributed by atoms with van der Waals surface area (Å²) in [7, 11) is 0. The minimum Gasteiger partial charge on any atom is -0.394 e. The zero-order valence-corrected chi connectivity index (χ0v) is 47.8. The Morgan fingerprint density at radius 2 is 0.840 bits per heavy atom. The summed E-state index contributed by atoms with van der Waals surface area (Å²) in [5.74, 6) is -0.211. The van der Waals surface area contributed by atoms with Crippen LogP contribution in [0.5, 0.6) is 0 Å². The van der Waals surface area contributed by atoms with E-state index >= 15 is 0 Å². The average molecular weight is 1070 g/mol. The van der Waals surface area contributed by atoms with Crippen molar-refractivity contribution in [3.63, 3.8) is 0 Å². The van der Waals surface area contributed by atoms with Crippen LogP contribution in [0.1, 0.15) is 277 Å². The SMILES string of the molecule is CCCCCCCCCC/C=C\CCCCCCCCCCCCCCCCCCCCCCCCCCCC(=O)NC(COC1OC(CO)C(OC2OC(CO)C(O)C(O)C2O)C(O)C1O)C(O)CCCCCC. The van der Waals surface area contributed by atoms with E-state index in [1.165, 1.54) is 199 Å². The number of rotatable bonds is 51. The predicted octanol–water partition coefficient (Wildman–Crippen LogP) is 11.1. The molecule has 2 saturated heterocycles. The van der Waals surface area contributed by atoms with Crippen molar-refractivity contribution < 1.29 is 64.6 Å². The Kier molecular flexibility index (Phi) is 44.3. The maximum Gasteiger partial charge on any atom is 0.220 e. The number of amides is 1. The van der Waals surface area contributed by atoms with Crippen molar-refractivity contribution in [2.45, 2.75) is 351 Å². The van der Waals surface area contributed by atoms with Gasteiger partial charge in [-0.15, -0.1) is 0 Å². The van der Waals surface area contributed by atoms with Gasteiger partial charge >= 0.3 is 0 Å². The van der Waals surface area contributed by atoms with E-state index in [2.05, 4.69) is 31.3 Å². The summed E-state index contributed by atoms with van der Waals surface area (Å²) in [5, 5.41) is 86.4. The van der Waals surface area contributed by atoms with Crippen molar-refractivity contribution >= 4 is 5.91 Å². The maximum absolute atomic E-state index is 13.1. The zero-order valence-electron chi connectivity index (χ0n) is 47.8. The highest BCUT2D eigenvalue weighted by Crippen LogP contribution is 2.30. The number of allylic oxidation sites excluding steroid dienone is 2. The normalized spacial score (nSPS) is 25.0. The molecule has 1 amide bonds. The van der Waals surface area contributed by atoms with Gasteiger partial charge in [-0.3, -0.25) is 4.79 Å². The van der Waals surface area contributed by atoms with Crippen LogP contribution in [-0.4, -0.2) is 140 Å². The highest BCUT2D eigenvalue weighted by Gasteiger charge is 2.51. The second-order valence-corrected chi connectivity index (χ2v) is 22.5. The molecule has 2 heterocycles. The van der Waals surface area contributed by atoms with Crippen molar-refractivity contribution in [1.82, 2.24) is 5.32 Å². The van der Waals surface area contributed by atoms with Crippen LogP contribution in [0.4, 0.5) is 0 Å². The molecule has 2 rings (SSSR count). The van der Waals surface area contributed by atoms with E-state index in [0.29, 0.717) is 12.8 Å². The van der Waals surface area contributed by atoms with Gasteiger partial charge in [0.05, 0.1) is 32.0 Å². The maximum atomic E-state index is 13.1. The van der Waals surface area contributed by atoms with E-state index < -0.39 is 86.8 Å². The van der Waals surface area contributed by atoms with Crippen molar-refractivity contribution in [1.29, 1.82) is 0 Å². The number of aliphatic hydroxyl groups excluding tert-OH is 8. The Morgan fingerprint density at radius 1 is 0.467 bits per heavy atom. The third-order valence-corrected chi connectivity index (χ3v) is 15.7. The second-order valence-electron chi connectivity index (χ2n) is 22.5. The number of unbranched alkanes of at least 4 members (excludes halogenated alkanes) is 36. The molecule has 9 N–H and O–H groups in total. The number of ether oxygens (including phenoxy) is 4. The summed E-state index contributed by atoms with van der Waals surface area (Å²) in [6.07, 6.45) is 39.3. The van der Waals surface area contributed by atoms with E-state index in [0.717, 1.165) is 51.4 Å². The topological polar surface area (TPSA) is 228 Å². The molecular weight excluding hydrogens is 955 g/mol. The second kappa shape index (κ2) is 47.5. The van der Waals surface area contributed by atoms with Gasteiger partial charge in [0.15, 0.2) is 12.6 Å². The van der Waals surface area contributed by atoms with E-state index in [-0.39, 0.29) is 12.5 Å². The molecule has 0 bridgehead atoms. The molecule has 14 nitrogen and oxygen atoms in total. The average Bonchev–Trinajstić information content (AvgIpc) is 3.41. The highest BCUT2D eigenvalue weighted by atomic mass is 16.7. The third-order valence-electron chi connectivity index (χ3n) is 15.7. The quantitative estimate of drug-likeness (QED) is 0.0204. The van der Waals surface area contributed by atoms with Crippen LogP contribution >= 0.6 is 0 Å². The van der Waals surface area contributed by atoms with Gasteiger partial charge in [0.1, 0.15) is 48.8 Å². The Labute approximate surface area is 456 Å². The fourth-order valence-electron chi connectivity index (χ4n) is 10.6. The van der Waals surface area contributed by atoms with E-state index in [1.54, 1.807) is 0 Å². The molecule has 0 saturated carbocycles. The monoisotopic (exact) mass is 1070 g/mol. The molecule has 0 aliphatic carbocycles. The van der Waals surface area contributed by atoms with Crippen LogP contribution in [0.25, 0.3) is 0 Å². The lowest BCUT2D eigenvalue weighted by Gasteiger charge is -2.46. The predicted molar refractivity (Wildman–Crippen MR) is 300 cm³/mol. The molecule has 444 valence electrons. The Balaban J connectivity index is 1.45. The summed E-state index contributed by atoms with van der Waals surface area (Å²) in [6, 6.07) is -0.820. The molecule has 0 radical (unpaired) electrons. The van der Waals surface area contributed by atoms with Crippen LogP contribution in [-0.2, 0) is 23.7 Å². The molecule has 2 aliphatic rings. The minimum absolute atomic E-state index is 0.211. The molecule has 0 spiro atoms. The number of aliphatic hydroxyl groups is 8. The molecule has 12 atom stereocenters. The zero-order chi connectivity index (χ0) is 54.6. The summed E-state index contributed by atoms with van der Waals surface area (Å²) in [6.45, 7) is 2.74. The van der Waals surface area contributed by atoms with Gasteiger partial charge in [0, 0.05) is 6.42 Å². The van der Waals surface area contributed by atoms with Gasteiger partial charge in [0.2, 0.25) is 5.91 Å². The summed E-state index contributed by atoms with van der Waals surface area (Å²) < 4.78 is 22.6. The van der Waals surface area contributed by atoms with E-state index in [4.69, 9.17) is 18.9 Å². The van der Waals surface area contributed by atoms with Gasteiger partial charge in [-0.25, -0.2) is 0 Å². The van der Waals surface area contributed by atoms with E-state index in [1.807, 2.05) is 0 Å². The smallest absolute Gasteiger partial charge is 0.220 e. The molecule has 12 unspecified atom stereocenters. The van der Waals surface area contributed by atoms with Crippen molar-refractivity contribution in [2.24, 2.45) is 0 Å². The number of nitrogens with one attached hydrogen (secondary N) is 1. The van der Waals surface area contributed by atoms with Crippen molar-refractivity contribution in [3.8, 4) is 0 Å². The van der Waals surface area contributed by atoms with Crippen LogP contribution < -0.4 is 5.32 Å². The first-order valence-electron chi connectivity index (χ1n) is 31.4. The number of hydrogen-bond acceptors (Lipinski definition) is 13. The highest BCUT2D eigenvalue weighted by molar-refractivity contribution is 5.76. The largest absolute Gasteiger partial charge is 0.394 e. The van der Waals surface area contributed by atoms with Crippen LogP contribution in [0, 0.1) is 0 Å². The molecule has 14 heteroatoms. The fraction of sp³-hybridized carbons (Fsp3) is 0.951. The molecular formula is C61H117NO13. The standard InChI is InChI=1S/C61H117NO13/c1-3-5-7-9-10-11-12-13-14-15-16-17-18-19-20-21-22-23-24-25-26-27-28-29-30-31-32-33-34-35-36-37-38-39-40-41-43-45-53(66)62-49(50(65)44-42-8-6-4-2)48-72-60-58(71)56(69)59(52(47-64)74-60)75-61-57(70)55(68)54(67)51(46-63)73-61/h15-16,49-52,54-61,63-65,67-71H,3-14,17-48H2,1-2H3,(H,62,66)/b16-15-. The first-order chi connectivity index (χ1) is 36.6. The van der Waals surface area contributed by atoms with Gasteiger partial charge in [-0.1, -0.05) is 244 Å². The molecule has 2 aliphatic heterocycles. The third kappa shape index (κ3) is 33.2.